The van der Waals surface area contributed by atoms with Crippen molar-refractivity contribution in [3.8, 4) is 0 Å². The number of nitrogens with zero attached hydrogens (tertiary/aromatic N) is 3. The topological polar surface area (TPSA) is 84.3 Å². The summed E-state index contributed by atoms with van der Waals surface area (Å²) in [5, 5.41) is 2.74. The Bertz CT molecular complexity index is 551. The molecule has 1 aliphatic heterocycles. The van der Waals surface area contributed by atoms with Gasteiger partial charge in [-0.25, -0.2) is 4.98 Å². The fraction of sp³-hybridized carbons (Fsp3) is 0.455. The molecule has 1 aromatic heterocycles. The van der Waals surface area contributed by atoms with E-state index < -0.39 is 6.04 Å². The molecule has 1 atom stereocenters. The van der Waals surface area contributed by atoms with Crippen molar-refractivity contribution < 1.29 is 9.59 Å². The van der Waals surface area contributed by atoms with E-state index >= 15 is 0 Å². The summed E-state index contributed by atoms with van der Waals surface area (Å²) in [4.78, 5) is 39.9. The molecule has 18 heavy (non-hydrogen) atoms. The van der Waals surface area contributed by atoms with Crippen molar-refractivity contribution in [3.05, 3.63) is 22.7 Å². The van der Waals surface area contributed by atoms with Gasteiger partial charge in [0.05, 0.1) is 6.42 Å². The van der Waals surface area contributed by atoms with Crippen LogP contribution in [0, 0.1) is 0 Å². The molecule has 2 heterocycles. The third kappa shape index (κ3) is 1.99. The normalized spacial score (nSPS) is 19.4. The summed E-state index contributed by atoms with van der Waals surface area (Å²) in [6, 6.07) is -0.699. The Morgan fingerprint density at radius 3 is 2.72 bits per heavy atom. The number of likely N-dealkylation sites (tertiary alicyclic amines) is 1. The highest BCUT2D eigenvalue weighted by atomic mass is 16.2. The van der Waals surface area contributed by atoms with Gasteiger partial charge in [-0.05, 0) is 6.92 Å². The van der Waals surface area contributed by atoms with Gasteiger partial charge in [-0.1, -0.05) is 0 Å². The number of rotatable bonds is 3. The average Bonchev–Trinajstić information content (AvgIpc) is 2.60. The molecule has 2 rings (SSSR count). The van der Waals surface area contributed by atoms with Crippen LogP contribution in [0.25, 0.3) is 0 Å². The molecule has 0 bridgehead atoms. The van der Waals surface area contributed by atoms with Crippen LogP contribution in [0.3, 0.4) is 0 Å². The number of hydrogen-bond acceptors (Lipinski definition) is 5. The highest BCUT2D eigenvalue weighted by molar-refractivity contribution is 6.06. The van der Waals surface area contributed by atoms with E-state index in [1.54, 1.807) is 6.20 Å². The highest BCUT2D eigenvalue weighted by Gasteiger charge is 2.36. The molecule has 2 amide bonds. The standard InChI is InChI=1S/C11H14N4O3/c1-3-15-5-4-12-9(11(15)18)13-7-6-8(16)14(2)10(7)17/h4-5,7H,3,6H2,1-2H3,(H,12,13). The maximum atomic E-state index is 11.9. The Labute approximate surface area is 103 Å². The van der Waals surface area contributed by atoms with Crippen LogP contribution in [0.15, 0.2) is 17.2 Å². The minimum atomic E-state index is -0.699. The Hall–Kier alpha value is -2.18. The SMILES string of the molecule is CCn1ccnc(NC2CC(=O)N(C)C2=O)c1=O. The molecule has 1 fully saturated rings. The second kappa shape index (κ2) is 4.59. The van der Waals surface area contributed by atoms with E-state index in [9.17, 15) is 14.4 Å². The molecule has 0 aliphatic carbocycles. The number of hydrogen-bond donors (Lipinski definition) is 1. The van der Waals surface area contributed by atoms with Crippen LogP contribution in [-0.2, 0) is 16.1 Å². The van der Waals surface area contributed by atoms with Gasteiger partial charge in [0.25, 0.3) is 11.5 Å². The lowest BCUT2D eigenvalue weighted by Gasteiger charge is -2.11. The van der Waals surface area contributed by atoms with Crippen molar-refractivity contribution in [2.24, 2.45) is 0 Å². The molecular weight excluding hydrogens is 236 g/mol. The van der Waals surface area contributed by atoms with Gasteiger partial charge in [-0.15, -0.1) is 0 Å². The molecule has 1 aromatic rings. The van der Waals surface area contributed by atoms with E-state index in [1.807, 2.05) is 6.92 Å². The van der Waals surface area contributed by atoms with Crippen LogP contribution in [0.2, 0.25) is 0 Å². The van der Waals surface area contributed by atoms with Crippen LogP contribution in [0.4, 0.5) is 5.82 Å². The minimum absolute atomic E-state index is 0.0530. The van der Waals surface area contributed by atoms with Crippen molar-refractivity contribution in [2.45, 2.75) is 25.9 Å². The summed E-state index contributed by atoms with van der Waals surface area (Å²) < 4.78 is 1.47. The van der Waals surface area contributed by atoms with Crippen LogP contribution >= 0.6 is 0 Å². The number of likely N-dealkylation sites (N-methyl/N-ethyl adjacent to an activating group) is 1. The van der Waals surface area contributed by atoms with Crippen LogP contribution in [0.5, 0.6) is 0 Å². The summed E-state index contributed by atoms with van der Waals surface area (Å²) in [6.07, 6.45) is 3.11. The quantitative estimate of drug-likeness (QED) is 0.726. The predicted molar refractivity (Wildman–Crippen MR) is 64.0 cm³/mol. The summed E-state index contributed by atoms with van der Waals surface area (Å²) in [7, 11) is 1.43. The fourth-order valence-electron chi connectivity index (χ4n) is 1.83. The molecule has 96 valence electrons. The van der Waals surface area contributed by atoms with Crippen molar-refractivity contribution in [1.29, 1.82) is 0 Å². The van der Waals surface area contributed by atoms with Gasteiger partial charge < -0.3 is 9.88 Å². The van der Waals surface area contributed by atoms with Crippen molar-refractivity contribution in [3.63, 3.8) is 0 Å². The Morgan fingerprint density at radius 2 is 2.17 bits per heavy atom. The molecule has 0 radical (unpaired) electrons. The lowest BCUT2D eigenvalue weighted by atomic mass is 10.2. The summed E-state index contributed by atoms with van der Waals surface area (Å²) in [5.74, 6) is -0.502. The second-order valence-corrected chi connectivity index (χ2v) is 4.06. The molecular formula is C11H14N4O3. The molecule has 1 N–H and O–H groups in total. The molecule has 1 unspecified atom stereocenters. The van der Waals surface area contributed by atoms with E-state index in [4.69, 9.17) is 0 Å². The maximum Gasteiger partial charge on any atom is 0.293 e. The Morgan fingerprint density at radius 1 is 1.44 bits per heavy atom. The van der Waals surface area contributed by atoms with Gasteiger partial charge >= 0.3 is 0 Å². The van der Waals surface area contributed by atoms with Gasteiger partial charge in [-0.3, -0.25) is 19.3 Å². The van der Waals surface area contributed by atoms with Crippen molar-refractivity contribution >= 4 is 17.6 Å². The number of anilines is 1. The zero-order valence-corrected chi connectivity index (χ0v) is 10.2. The molecule has 7 nitrogen and oxygen atoms in total. The molecule has 0 saturated carbocycles. The summed E-state index contributed by atoms with van der Waals surface area (Å²) in [5.41, 5.74) is -0.296. The smallest absolute Gasteiger partial charge is 0.293 e. The van der Waals surface area contributed by atoms with Gasteiger partial charge in [0.1, 0.15) is 6.04 Å². The van der Waals surface area contributed by atoms with Crippen molar-refractivity contribution in [1.82, 2.24) is 14.5 Å². The maximum absolute atomic E-state index is 11.9. The van der Waals surface area contributed by atoms with Crippen LogP contribution in [-0.4, -0.2) is 39.4 Å². The van der Waals surface area contributed by atoms with E-state index in [2.05, 4.69) is 10.3 Å². The minimum Gasteiger partial charge on any atom is -0.353 e. The first-order valence-electron chi connectivity index (χ1n) is 5.67. The monoisotopic (exact) mass is 250 g/mol. The van der Waals surface area contributed by atoms with Gasteiger partial charge in [-0.2, -0.15) is 0 Å². The van der Waals surface area contributed by atoms with E-state index in [0.29, 0.717) is 6.54 Å². The molecule has 1 aliphatic rings. The van der Waals surface area contributed by atoms with E-state index in [1.165, 1.54) is 17.8 Å². The first-order chi connectivity index (χ1) is 8.54. The average molecular weight is 250 g/mol. The molecule has 1 saturated heterocycles. The number of amides is 2. The van der Waals surface area contributed by atoms with Gasteiger partial charge in [0.2, 0.25) is 5.91 Å². The first-order valence-corrected chi connectivity index (χ1v) is 5.67. The Balaban J connectivity index is 2.23. The summed E-state index contributed by atoms with van der Waals surface area (Å²) >= 11 is 0. The van der Waals surface area contributed by atoms with Crippen LogP contribution < -0.4 is 10.9 Å². The van der Waals surface area contributed by atoms with Crippen molar-refractivity contribution in [2.75, 3.05) is 12.4 Å². The summed E-state index contributed by atoms with van der Waals surface area (Å²) in [6.45, 7) is 2.36. The first kappa shape index (κ1) is 12.3. The molecule has 7 heteroatoms. The number of imide groups is 1. The Kier molecular flexibility index (Phi) is 3.14. The number of nitrogens with one attached hydrogen (secondary N) is 1. The van der Waals surface area contributed by atoms with Gasteiger partial charge in [0.15, 0.2) is 5.82 Å². The van der Waals surface area contributed by atoms with Crippen LogP contribution in [0.1, 0.15) is 13.3 Å². The second-order valence-electron chi connectivity index (χ2n) is 4.06. The predicted octanol–water partition coefficient (Wildman–Crippen LogP) is -0.568. The zero-order chi connectivity index (χ0) is 13.3. The number of aryl methyl sites for hydroxylation is 1. The number of carbonyl (C=O) groups excluding carboxylic acids is 2. The fourth-order valence-corrected chi connectivity index (χ4v) is 1.83. The lowest BCUT2D eigenvalue weighted by molar-refractivity contribution is -0.136. The van der Waals surface area contributed by atoms with E-state index in [0.717, 1.165) is 4.90 Å². The number of carbonyl (C=O) groups is 2. The third-order valence-corrected chi connectivity index (χ3v) is 2.95. The highest BCUT2D eigenvalue weighted by Crippen LogP contribution is 2.13. The zero-order valence-electron chi connectivity index (χ0n) is 10.2. The molecule has 0 spiro atoms. The third-order valence-electron chi connectivity index (χ3n) is 2.95. The largest absolute Gasteiger partial charge is 0.353 e. The molecule has 0 aromatic carbocycles. The number of aromatic nitrogens is 2. The van der Waals surface area contributed by atoms with E-state index in [-0.39, 0.29) is 29.6 Å². The van der Waals surface area contributed by atoms with Gasteiger partial charge in [0, 0.05) is 26.0 Å². The lowest BCUT2D eigenvalue weighted by Crippen LogP contribution is -2.34.